The number of aryl methyl sites for hydroxylation is 2. The molecule has 3 heterocycles. The Morgan fingerprint density at radius 1 is 1.42 bits per heavy atom. The van der Waals surface area contributed by atoms with Crippen LogP contribution in [-0.2, 0) is 7.05 Å². The van der Waals surface area contributed by atoms with Crippen LogP contribution in [-0.4, -0.2) is 24.7 Å². The largest absolute Gasteiger partial charge is 0.311 e. The van der Waals surface area contributed by atoms with Gasteiger partial charge in [0.15, 0.2) is 5.16 Å². The Labute approximate surface area is 117 Å². The van der Waals surface area contributed by atoms with Crippen molar-refractivity contribution in [3.05, 3.63) is 17.3 Å². The number of aromatic nitrogens is 5. The van der Waals surface area contributed by atoms with Crippen LogP contribution in [0.2, 0.25) is 0 Å². The maximum atomic E-state index is 5.41. The molecule has 0 saturated carbocycles. The summed E-state index contributed by atoms with van der Waals surface area (Å²) in [6.07, 6.45) is 1.65. The number of anilines is 1. The second-order valence-corrected chi connectivity index (χ2v) is 6.09. The zero-order chi connectivity index (χ0) is 13.4. The van der Waals surface area contributed by atoms with Crippen LogP contribution in [0, 0.1) is 6.92 Å². The fraction of sp³-hybridized carbons (Fsp3) is 0.200. The lowest BCUT2D eigenvalue weighted by Crippen LogP contribution is -2.10. The fourth-order valence-electron chi connectivity index (χ4n) is 1.61. The number of nitrogens with two attached hydrogens (primary N) is 1. The van der Waals surface area contributed by atoms with Gasteiger partial charge in [0.2, 0.25) is 5.95 Å². The predicted molar refractivity (Wildman–Crippen MR) is 75.1 cm³/mol. The second kappa shape index (κ2) is 4.76. The molecular formula is C10H11N7S2. The third-order valence-electron chi connectivity index (χ3n) is 2.47. The third-order valence-corrected chi connectivity index (χ3v) is 4.47. The highest BCUT2D eigenvalue weighted by molar-refractivity contribution is 7.99. The Bertz CT molecular complexity index is 733. The highest BCUT2D eigenvalue weighted by Gasteiger charge is 2.13. The van der Waals surface area contributed by atoms with Gasteiger partial charge in [0.25, 0.3) is 0 Å². The van der Waals surface area contributed by atoms with Crippen LogP contribution < -0.4 is 11.3 Å². The van der Waals surface area contributed by atoms with Gasteiger partial charge in [-0.05, 0) is 24.8 Å². The van der Waals surface area contributed by atoms with E-state index in [1.165, 1.54) is 16.6 Å². The SMILES string of the molecule is Cc1cc2c(Sc3nncn3C)nc(NN)nc2s1. The molecule has 9 heteroatoms. The first-order valence-electron chi connectivity index (χ1n) is 5.44. The van der Waals surface area contributed by atoms with Crippen LogP contribution in [0.15, 0.2) is 22.6 Å². The molecule has 98 valence electrons. The Hall–Kier alpha value is -1.71. The standard InChI is InChI=1S/C10H11N7S2/c1-5-3-6-7(18-5)13-9(15-11)14-8(6)19-10-16-12-4-17(10)2/h3-4H,11H2,1-2H3,(H,13,14,15). The second-order valence-electron chi connectivity index (χ2n) is 3.90. The number of nitrogens with one attached hydrogen (secondary N) is 1. The molecule has 3 N–H and O–H groups in total. The van der Waals surface area contributed by atoms with Crippen molar-refractivity contribution in [2.24, 2.45) is 12.9 Å². The minimum Gasteiger partial charge on any atom is -0.311 e. The van der Waals surface area contributed by atoms with Gasteiger partial charge in [-0.25, -0.2) is 15.8 Å². The molecule has 0 aliphatic rings. The van der Waals surface area contributed by atoms with E-state index in [0.29, 0.717) is 5.95 Å². The molecular weight excluding hydrogens is 282 g/mol. The smallest absolute Gasteiger partial charge is 0.239 e. The van der Waals surface area contributed by atoms with Crippen LogP contribution >= 0.6 is 23.1 Å². The van der Waals surface area contributed by atoms with Crippen molar-refractivity contribution < 1.29 is 0 Å². The van der Waals surface area contributed by atoms with E-state index >= 15 is 0 Å². The van der Waals surface area contributed by atoms with Crippen LogP contribution in [0.25, 0.3) is 10.2 Å². The first-order valence-corrected chi connectivity index (χ1v) is 7.07. The number of rotatable bonds is 3. The van der Waals surface area contributed by atoms with E-state index in [-0.39, 0.29) is 0 Å². The van der Waals surface area contributed by atoms with E-state index in [2.05, 4.69) is 31.7 Å². The lowest BCUT2D eigenvalue weighted by Gasteiger charge is -2.04. The summed E-state index contributed by atoms with van der Waals surface area (Å²) in [4.78, 5) is 10.8. The minimum absolute atomic E-state index is 0.402. The highest BCUT2D eigenvalue weighted by Crippen LogP contribution is 2.34. The summed E-state index contributed by atoms with van der Waals surface area (Å²) in [5.74, 6) is 5.81. The van der Waals surface area contributed by atoms with Crippen molar-refractivity contribution in [2.75, 3.05) is 5.43 Å². The van der Waals surface area contributed by atoms with E-state index in [1.54, 1.807) is 17.7 Å². The first-order chi connectivity index (χ1) is 9.17. The van der Waals surface area contributed by atoms with Crippen molar-refractivity contribution in [1.29, 1.82) is 0 Å². The average Bonchev–Trinajstić information content (AvgIpc) is 2.95. The molecule has 19 heavy (non-hydrogen) atoms. The Kier molecular flexibility index (Phi) is 3.09. The van der Waals surface area contributed by atoms with E-state index in [4.69, 9.17) is 5.84 Å². The normalized spacial score (nSPS) is 11.1. The molecule has 3 aromatic heterocycles. The number of hydrogen-bond donors (Lipinski definition) is 2. The van der Waals surface area contributed by atoms with Crippen molar-refractivity contribution in [3.8, 4) is 0 Å². The lowest BCUT2D eigenvalue weighted by molar-refractivity contribution is 0.787. The molecule has 0 aromatic carbocycles. The van der Waals surface area contributed by atoms with Crippen LogP contribution in [0.1, 0.15) is 4.88 Å². The number of hydrazine groups is 1. The molecule has 0 spiro atoms. The molecule has 0 aliphatic heterocycles. The molecule has 0 unspecified atom stereocenters. The van der Waals surface area contributed by atoms with E-state index in [9.17, 15) is 0 Å². The maximum absolute atomic E-state index is 5.41. The van der Waals surface area contributed by atoms with Crippen molar-refractivity contribution >= 4 is 39.3 Å². The molecule has 3 rings (SSSR count). The molecule has 0 radical (unpaired) electrons. The Morgan fingerprint density at radius 3 is 2.95 bits per heavy atom. The summed E-state index contributed by atoms with van der Waals surface area (Å²) in [6.45, 7) is 2.04. The molecule has 0 aliphatic carbocycles. The minimum atomic E-state index is 0.402. The molecule has 0 fully saturated rings. The van der Waals surface area contributed by atoms with E-state index in [1.807, 2.05) is 18.5 Å². The number of hydrogen-bond acceptors (Lipinski definition) is 8. The topological polar surface area (TPSA) is 94.5 Å². The van der Waals surface area contributed by atoms with Crippen LogP contribution in [0.4, 0.5) is 5.95 Å². The number of nitrogens with zero attached hydrogens (tertiary/aromatic N) is 5. The Morgan fingerprint density at radius 2 is 2.26 bits per heavy atom. The predicted octanol–water partition coefficient (Wildman–Crippen LogP) is 1.57. The molecule has 3 aromatic rings. The monoisotopic (exact) mass is 293 g/mol. The first kappa shape index (κ1) is 12.3. The Balaban J connectivity index is 2.13. The fourth-order valence-corrected chi connectivity index (χ4v) is 3.40. The summed E-state index contributed by atoms with van der Waals surface area (Å²) in [5, 5.41) is 10.5. The molecule has 7 nitrogen and oxygen atoms in total. The number of thiophene rings is 1. The van der Waals surface area contributed by atoms with Gasteiger partial charge < -0.3 is 4.57 Å². The van der Waals surface area contributed by atoms with Gasteiger partial charge >= 0.3 is 0 Å². The van der Waals surface area contributed by atoms with Gasteiger partial charge in [0.05, 0.1) is 0 Å². The van der Waals surface area contributed by atoms with Gasteiger partial charge in [0.1, 0.15) is 16.2 Å². The lowest BCUT2D eigenvalue weighted by atomic mass is 10.4. The zero-order valence-corrected chi connectivity index (χ0v) is 11.9. The van der Waals surface area contributed by atoms with Crippen LogP contribution in [0.3, 0.4) is 0 Å². The zero-order valence-electron chi connectivity index (χ0n) is 10.3. The van der Waals surface area contributed by atoms with Crippen LogP contribution in [0.5, 0.6) is 0 Å². The van der Waals surface area contributed by atoms with Crippen molar-refractivity contribution in [3.63, 3.8) is 0 Å². The summed E-state index contributed by atoms with van der Waals surface area (Å²) in [5.41, 5.74) is 2.49. The van der Waals surface area contributed by atoms with E-state index in [0.717, 1.165) is 20.4 Å². The van der Waals surface area contributed by atoms with Crippen molar-refractivity contribution in [2.45, 2.75) is 17.1 Å². The third kappa shape index (κ3) is 2.27. The summed E-state index contributed by atoms with van der Waals surface area (Å²) in [7, 11) is 1.89. The highest BCUT2D eigenvalue weighted by atomic mass is 32.2. The van der Waals surface area contributed by atoms with Gasteiger partial charge in [0, 0.05) is 17.3 Å². The number of nitrogen functional groups attached to an aromatic ring is 1. The van der Waals surface area contributed by atoms with E-state index < -0.39 is 0 Å². The van der Waals surface area contributed by atoms with Gasteiger partial charge in [-0.15, -0.1) is 21.5 Å². The number of fused-ring (bicyclic) bond motifs is 1. The molecule has 0 saturated heterocycles. The van der Waals surface area contributed by atoms with Crippen molar-refractivity contribution in [1.82, 2.24) is 24.7 Å². The van der Waals surface area contributed by atoms with Gasteiger partial charge in [-0.1, -0.05) is 0 Å². The maximum Gasteiger partial charge on any atom is 0.239 e. The summed E-state index contributed by atoms with van der Waals surface area (Å²) in [6, 6.07) is 2.07. The summed E-state index contributed by atoms with van der Waals surface area (Å²) >= 11 is 3.05. The quantitative estimate of drug-likeness (QED) is 0.430. The molecule has 0 atom stereocenters. The van der Waals surface area contributed by atoms with Gasteiger partial charge in [-0.2, -0.15) is 0 Å². The average molecular weight is 293 g/mol. The summed E-state index contributed by atoms with van der Waals surface area (Å²) < 4.78 is 1.84. The molecule has 0 bridgehead atoms. The molecule has 0 amide bonds. The van der Waals surface area contributed by atoms with Gasteiger partial charge in [-0.3, -0.25) is 5.43 Å².